The molecule has 0 aliphatic rings. The van der Waals surface area contributed by atoms with E-state index in [9.17, 15) is 14.4 Å². The van der Waals surface area contributed by atoms with Crippen molar-refractivity contribution in [3.8, 4) is 0 Å². The van der Waals surface area contributed by atoms with E-state index in [1.807, 2.05) is 42.8 Å². The summed E-state index contributed by atoms with van der Waals surface area (Å²) in [4.78, 5) is 36.0. The molecule has 7 nitrogen and oxygen atoms in total. The quantitative estimate of drug-likeness (QED) is 0.279. The van der Waals surface area contributed by atoms with Gasteiger partial charge in [0.1, 0.15) is 0 Å². The lowest BCUT2D eigenvalue weighted by molar-refractivity contribution is -0.148. The van der Waals surface area contributed by atoms with Crippen LogP contribution in [-0.4, -0.2) is 33.5 Å². The van der Waals surface area contributed by atoms with E-state index in [1.54, 1.807) is 30.3 Å². The number of Topliss-reactive ketones (excluding diaryl/α,β-unsaturated/α-hetero) is 1. The number of esters is 1. The van der Waals surface area contributed by atoms with Crippen molar-refractivity contribution in [2.75, 3.05) is 5.32 Å². The van der Waals surface area contributed by atoms with Crippen LogP contribution in [0.3, 0.4) is 0 Å². The number of carbonyl (C=O) groups excluding carboxylic acids is 3. The minimum absolute atomic E-state index is 0.0631. The lowest BCUT2D eigenvalue weighted by Gasteiger charge is -2.12. The van der Waals surface area contributed by atoms with Gasteiger partial charge < -0.3 is 10.1 Å². The average Bonchev–Trinajstić information content (AvgIpc) is 3.06. The van der Waals surface area contributed by atoms with Gasteiger partial charge in [0.2, 0.25) is 0 Å². The molecule has 0 spiro atoms. The van der Waals surface area contributed by atoms with E-state index in [1.165, 1.54) is 19.9 Å². The van der Waals surface area contributed by atoms with Gasteiger partial charge in [-0.15, -0.1) is 0 Å². The monoisotopic (exact) mass is 479 g/mol. The Bertz CT molecular complexity index is 1250. The zero-order valence-corrected chi connectivity index (χ0v) is 20.2. The van der Waals surface area contributed by atoms with Crippen molar-refractivity contribution in [3.05, 3.63) is 87.7 Å². The highest BCUT2D eigenvalue weighted by molar-refractivity contribution is 6.31. The number of rotatable bonds is 8. The normalized spacial score (nSPS) is 11.9. The van der Waals surface area contributed by atoms with Crippen molar-refractivity contribution in [3.63, 3.8) is 0 Å². The molecular weight excluding hydrogens is 454 g/mol. The maximum Gasteiger partial charge on any atom is 0.331 e. The van der Waals surface area contributed by atoms with Crippen molar-refractivity contribution >= 4 is 41.0 Å². The van der Waals surface area contributed by atoms with E-state index >= 15 is 0 Å². The summed E-state index contributed by atoms with van der Waals surface area (Å²) in [6.07, 6.45) is 1.91. The van der Waals surface area contributed by atoms with Crippen molar-refractivity contribution in [1.82, 2.24) is 9.78 Å². The lowest BCUT2D eigenvalue weighted by Crippen LogP contribution is -2.29. The Hall–Kier alpha value is -3.71. The Labute approximate surface area is 203 Å². The van der Waals surface area contributed by atoms with Gasteiger partial charge in [-0.25, -0.2) is 4.79 Å². The van der Waals surface area contributed by atoms with Crippen LogP contribution < -0.4 is 5.32 Å². The van der Waals surface area contributed by atoms with Crippen molar-refractivity contribution < 1.29 is 19.1 Å². The summed E-state index contributed by atoms with van der Waals surface area (Å²) >= 11 is 6.26. The molecule has 1 aromatic heterocycles. The van der Waals surface area contributed by atoms with E-state index in [4.69, 9.17) is 16.3 Å². The molecule has 0 saturated heterocycles. The smallest absolute Gasteiger partial charge is 0.331 e. The number of anilines is 1. The third-order valence-corrected chi connectivity index (χ3v) is 5.69. The Kier molecular flexibility index (Phi) is 8.02. The van der Waals surface area contributed by atoms with Gasteiger partial charge >= 0.3 is 5.97 Å². The molecule has 8 heteroatoms. The van der Waals surface area contributed by atoms with Crippen LogP contribution in [-0.2, 0) is 20.9 Å². The number of nitrogens with one attached hydrogen (secondary N) is 1. The molecule has 34 heavy (non-hydrogen) atoms. The van der Waals surface area contributed by atoms with E-state index in [0.717, 1.165) is 22.5 Å². The molecule has 3 aromatic rings. The van der Waals surface area contributed by atoms with E-state index in [0.29, 0.717) is 22.8 Å². The number of carbonyl (C=O) groups is 3. The Balaban J connectivity index is 1.60. The highest BCUT2D eigenvalue weighted by Crippen LogP contribution is 2.20. The van der Waals surface area contributed by atoms with Crippen LogP contribution in [0, 0.1) is 13.8 Å². The molecule has 3 rings (SSSR count). The number of hydrogen-bond acceptors (Lipinski definition) is 5. The Morgan fingerprint density at radius 3 is 2.44 bits per heavy atom. The Morgan fingerprint density at radius 1 is 1.12 bits per heavy atom. The minimum Gasteiger partial charge on any atom is -0.449 e. The van der Waals surface area contributed by atoms with E-state index < -0.39 is 18.0 Å². The first kappa shape index (κ1) is 24.9. The summed E-state index contributed by atoms with van der Waals surface area (Å²) in [6.45, 7) is 7.23. The molecule has 1 heterocycles. The molecule has 1 atom stereocenters. The molecule has 1 unspecified atom stereocenters. The molecule has 0 fully saturated rings. The first-order valence-electron chi connectivity index (χ1n) is 10.7. The van der Waals surface area contributed by atoms with Crippen molar-refractivity contribution in [2.45, 2.75) is 40.3 Å². The molecule has 1 N–H and O–H groups in total. The van der Waals surface area contributed by atoms with Crippen LogP contribution in [0.4, 0.5) is 5.69 Å². The average molecular weight is 480 g/mol. The highest BCUT2D eigenvalue weighted by atomic mass is 35.5. The first-order chi connectivity index (χ1) is 16.2. The topological polar surface area (TPSA) is 90.3 Å². The van der Waals surface area contributed by atoms with Gasteiger partial charge in [-0.1, -0.05) is 29.8 Å². The second kappa shape index (κ2) is 10.9. The molecule has 0 saturated carbocycles. The fourth-order valence-electron chi connectivity index (χ4n) is 3.34. The maximum atomic E-state index is 12.4. The summed E-state index contributed by atoms with van der Waals surface area (Å²) < 4.78 is 7.06. The van der Waals surface area contributed by atoms with Crippen LogP contribution in [0.15, 0.2) is 54.6 Å². The maximum absolute atomic E-state index is 12.4. The molecule has 0 aliphatic heterocycles. The largest absolute Gasteiger partial charge is 0.449 e. The number of aromatic nitrogens is 2. The second-order valence-electron chi connectivity index (χ2n) is 7.87. The molecular formula is C26H26ClN3O4. The predicted molar refractivity (Wildman–Crippen MR) is 132 cm³/mol. The number of amides is 1. The summed E-state index contributed by atoms with van der Waals surface area (Å²) in [6, 6.07) is 14.0. The zero-order chi connectivity index (χ0) is 24.8. The summed E-state index contributed by atoms with van der Waals surface area (Å²) in [7, 11) is 0. The molecule has 0 aliphatic carbocycles. The fourth-order valence-corrected chi connectivity index (χ4v) is 3.54. The summed E-state index contributed by atoms with van der Waals surface area (Å²) in [5.74, 6) is -1.18. The number of halogens is 1. The summed E-state index contributed by atoms with van der Waals surface area (Å²) in [5, 5.41) is 7.87. The lowest BCUT2D eigenvalue weighted by atomic mass is 10.1. The molecule has 176 valence electrons. The molecule has 0 radical (unpaired) electrons. The third-order valence-electron chi connectivity index (χ3n) is 5.32. The standard InChI is InChI=1S/C26H26ClN3O4/c1-16-23(17(2)30(29-16)15-21-7-5-6-8-24(21)27)13-14-25(32)34-19(4)26(33)28-22-11-9-20(10-12-22)18(3)31/h5-14,19H,15H2,1-4H3,(H,28,33)/b14-13+. The number of ketones is 1. The van der Waals surface area contributed by atoms with Gasteiger partial charge in [-0.05, 0) is 69.7 Å². The van der Waals surface area contributed by atoms with Gasteiger partial charge in [-0.3, -0.25) is 14.3 Å². The zero-order valence-electron chi connectivity index (χ0n) is 19.5. The van der Waals surface area contributed by atoms with Gasteiger partial charge in [0.05, 0.1) is 12.2 Å². The van der Waals surface area contributed by atoms with Crippen LogP contribution in [0.5, 0.6) is 0 Å². The number of benzene rings is 2. The molecule has 1 amide bonds. The van der Waals surface area contributed by atoms with E-state index in [2.05, 4.69) is 10.4 Å². The van der Waals surface area contributed by atoms with Crippen LogP contribution in [0.2, 0.25) is 5.02 Å². The Morgan fingerprint density at radius 2 is 1.79 bits per heavy atom. The van der Waals surface area contributed by atoms with Gasteiger partial charge in [-0.2, -0.15) is 5.10 Å². The van der Waals surface area contributed by atoms with Crippen LogP contribution >= 0.6 is 11.6 Å². The van der Waals surface area contributed by atoms with Crippen molar-refractivity contribution in [1.29, 1.82) is 0 Å². The number of aryl methyl sites for hydroxylation is 1. The molecule has 2 aromatic carbocycles. The van der Waals surface area contributed by atoms with Gasteiger partial charge in [0.25, 0.3) is 5.91 Å². The minimum atomic E-state index is -1.00. The first-order valence-corrected chi connectivity index (χ1v) is 11.1. The van der Waals surface area contributed by atoms with Gasteiger partial charge in [0.15, 0.2) is 11.9 Å². The molecule has 0 bridgehead atoms. The second-order valence-corrected chi connectivity index (χ2v) is 8.28. The SMILES string of the molecule is CC(=O)c1ccc(NC(=O)C(C)OC(=O)/C=C/c2c(C)nn(Cc3ccccc3Cl)c2C)cc1. The predicted octanol–water partition coefficient (Wildman–Crippen LogP) is 4.99. The van der Waals surface area contributed by atoms with Gasteiger partial charge in [0, 0.05) is 33.6 Å². The summed E-state index contributed by atoms with van der Waals surface area (Å²) in [5.41, 5.74) is 4.43. The highest BCUT2D eigenvalue weighted by Gasteiger charge is 2.17. The third kappa shape index (κ3) is 6.20. The fraction of sp³-hybridized carbons (Fsp3) is 0.231. The van der Waals surface area contributed by atoms with E-state index in [-0.39, 0.29) is 5.78 Å². The van der Waals surface area contributed by atoms with Crippen LogP contribution in [0.25, 0.3) is 6.08 Å². The number of hydrogen-bond donors (Lipinski definition) is 1. The number of ether oxygens (including phenoxy) is 1. The van der Waals surface area contributed by atoms with Crippen LogP contribution in [0.1, 0.15) is 46.7 Å². The van der Waals surface area contributed by atoms with Crippen molar-refractivity contribution in [2.24, 2.45) is 0 Å². The number of nitrogens with zero attached hydrogens (tertiary/aromatic N) is 2.